The van der Waals surface area contributed by atoms with Crippen molar-refractivity contribution in [1.29, 1.82) is 5.26 Å². The van der Waals surface area contributed by atoms with E-state index >= 15 is 0 Å². The number of nitrogens with two attached hydrogens (primary N) is 1. The van der Waals surface area contributed by atoms with E-state index in [4.69, 9.17) is 17.3 Å². The van der Waals surface area contributed by atoms with Crippen LogP contribution in [-0.4, -0.2) is 17.7 Å². The van der Waals surface area contributed by atoms with Gasteiger partial charge in [0, 0.05) is 18.1 Å². The summed E-state index contributed by atoms with van der Waals surface area (Å²) < 4.78 is 2.00. The predicted octanol–water partition coefficient (Wildman–Crippen LogP) is 4.13. The van der Waals surface area contributed by atoms with Crippen LogP contribution in [0.4, 0.5) is 11.5 Å². The Morgan fingerprint density at radius 1 is 1.25 bits per heavy atom. The highest BCUT2D eigenvalue weighted by Crippen LogP contribution is 2.34. The molecular weight excluding hydrogens is 320 g/mol. The highest BCUT2D eigenvalue weighted by atomic mass is 35.5. The molecule has 1 fully saturated rings. The van der Waals surface area contributed by atoms with Crippen LogP contribution in [0.15, 0.2) is 30.3 Å². The van der Waals surface area contributed by atoms with E-state index in [1.165, 1.54) is 6.42 Å². The monoisotopic (exact) mass is 342 g/mol. The van der Waals surface area contributed by atoms with Gasteiger partial charge in [0.2, 0.25) is 0 Å². The fourth-order valence-electron chi connectivity index (χ4n) is 3.80. The molecule has 0 radical (unpaired) electrons. The van der Waals surface area contributed by atoms with Crippen molar-refractivity contribution in [3.8, 4) is 6.07 Å². The second kappa shape index (κ2) is 6.78. The van der Waals surface area contributed by atoms with Gasteiger partial charge in [0.15, 0.2) is 0 Å². The molecule has 2 atom stereocenters. The van der Waals surface area contributed by atoms with Crippen LogP contribution in [0.3, 0.4) is 0 Å². The molecule has 0 amide bonds. The van der Waals surface area contributed by atoms with Crippen LogP contribution in [-0.2, 0) is 6.54 Å². The van der Waals surface area contributed by atoms with Crippen molar-refractivity contribution in [3.63, 3.8) is 0 Å². The van der Waals surface area contributed by atoms with Crippen LogP contribution < -0.4 is 10.6 Å². The molecule has 0 spiro atoms. The van der Waals surface area contributed by atoms with Gasteiger partial charge >= 0.3 is 0 Å². The maximum atomic E-state index is 9.53. The van der Waals surface area contributed by atoms with Gasteiger partial charge in [-0.15, -0.1) is 0 Å². The first-order valence-electron chi connectivity index (χ1n) is 8.37. The first-order chi connectivity index (χ1) is 11.5. The molecule has 0 aliphatic carbocycles. The summed E-state index contributed by atoms with van der Waals surface area (Å²) in [6, 6.07) is 11.8. The first kappa shape index (κ1) is 16.7. The molecule has 2 N–H and O–H groups in total. The Kier molecular flexibility index (Phi) is 4.73. The van der Waals surface area contributed by atoms with Crippen LogP contribution in [0.1, 0.15) is 31.5 Å². The molecule has 0 bridgehead atoms. The number of aromatic nitrogens is 1. The number of halogens is 1. The van der Waals surface area contributed by atoms with Gasteiger partial charge in [-0.2, -0.15) is 5.26 Å². The van der Waals surface area contributed by atoms with Crippen molar-refractivity contribution < 1.29 is 0 Å². The third kappa shape index (κ3) is 3.22. The number of anilines is 2. The van der Waals surface area contributed by atoms with Crippen molar-refractivity contribution in [3.05, 3.63) is 46.6 Å². The SMILES string of the molecule is CC1CC(C)CN(c2c(N)cc(C#N)n2Cc2ccccc2Cl)C1. The average molecular weight is 343 g/mol. The largest absolute Gasteiger partial charge is 0.396 e. The number of piperidine rings is 1. The quantitative estimate of drug-likeness (QED) is 0.912. The third-order valence-corrected chi connectivity index (χ3v) is 5.03. The molecule has 2 heterocycles. The molecule has 2 aromatic rings. The van der Waals surface area contributed by atoms with Crippen molar-refractivity contribution in [2.45, 2.75) is 26.8 Å². The van der Waals surface area contributed by atoms with E-state index in [1.807, 2.05) is 28.8 Å². The summed E-state index contributed by atoms with van der Waals surface area (Å²) in [5.74, 6) is 2.18. The number of hydrogen-bond donors (Lipinski definition) is 1. The molecule has 5 heteroatoms. The van der Waals surface area contributed by atoms with E-state index in [0.717, 1.165) is 24.5 Å². The van der Waals surface area contributed by atoms with Gasteiger partial charge in [-0.05, 0) is 36.0 Å². The smallest absolute Gasteiger partial charge is 0.133 e. The van der Waals surface area contributed by atoms with Crippen molar-refractivity contribution in [1.82, 2.24) is 4.57 Å². The van der Waals surface area contributed by atoms with E-state index in [-0.39, 0.29) is 0 Å². The lowest BCUT2D eigenvalue weighted by Crippen LogP contribution is -2.40. The van der Waals surface area contributed by atoms with Gasteiger partial charge in [-0.1, -0.05) is 43.6 Å². The van der Waals surface area contributed by atoms with E-state index < -0.39 is 0 Å². The highest BCUT2D eigenvalue weighted by Gasteiger charge is 2.27. The van der Waals surface area contributed by atoms with E-state index in [2.05, 4.69) is 24.8 Å². The number of nitrogen functional groups attached to an aromatic ring is 1. The van der Waals surface area contributed by atoms with E-state index in [0.29, 0.717) is 34.8 Å². The first-order valence-corrected chi connectivity index (χ1v) is 8.74. The van der Waals surface area contributed by atoms with Gasteiger partial charge < -0.3 is 15.2 Å². The Hall–Kier alpha value is -2.12. The minimum Gasteiger partial charge on any atom is -0.396 e. The van der Waals surface area contributed by atoms with Crippen LogP contribution in [0.25, 0.3) is 0 Å². The van der Waals surface area contributed by atoms with E-state index in [1.54, 1.807) is 6.07 Å². The lowest BCUT2D eigenvalue weighted by molar-refractivity contribution is 0.353. The van der Waals surface area contributed by atoms with Gasteiger partial charge in [-0.25, -0.2) is 0 Å². The summed E-state index contributed by atoms with van der Waals surface area (Å²) in [5.41, 5.74) is 8.52. The minimum atomic E-state index is 0.550. The summed E-state index contributed by atoms with van der Waals surface area (Å²) in [7, 11) is 0. The lowest BCUT2D eigenvalue weighted by Gasteiger charge is -2.37. The van der Waals surface area contributed by atoms with Gasteiger partial charge in [0.05, 0.1) is 12.2 Å². The van der Waals surface area contributed by atoms with Gasteiger partial charge in [0.1, 0.15) is 17.6 Å². The Morgan fingerprint density at radius 3 is 2.54 bits per heavy atom. The zero-order chi connectivity index (χ0) is 17.3. The van der Waals surface area contributed by atoms with Gasteiger partial charge in [-0.3, -0.25) is 0 Å². The summed E-state index contributed by atoms with van der Waals surface area (Å²) in [4.78, 5) is 2.33. The maximum absolute atomic E-state index is 9.53. The zero-order valence-electron chi connectivity index (χ0n) is 14.2. The van der Waals surface area contributed by atoms with Crippen molar-refractivity contribution in [2.75, 3.05) is 23.7 Å². The number of nitriles is 1. The number of rotatable bonds is 3. The van der Waals surface area contributed by atoms with Crippen LogP contribution in [0.5, 0.6) is 0 Å². The number of benzene rings is 1. The highest BCUT2D eigenvalue weighted by molar-refractivity contribution is 6.31. The molecule has 1 aromatic carbocycles. The molecule has 126 valence electrons. The predicted molar refractivity (Wildman–Crippen MR) is 99.3 cm³/mol. The molecule has 3 rings (SSSR count). The second-order valence-electron chi connectivity index (χ2n) is 6.95. The molecule has 2 unspecified atom stereocenters. The van der Waals surface area contributed by atoms with Crippen LogP contribution in [0, 0.1) is 23.2 Å². The molecule has 1 saturated heterocycles. The molecular formula is C19H23ClN4. The van der Waals surface area contributed by atoms with Crippen molar-refractivity contribution >= 4 is 23.1 Å². The molecule has 1 aliphatic heterocycles. The summed E-state index contributed by atoms with van der Waals surface area (Å²) >= 11 is 6.32. The number of hydrogen-bond acceptors (Lipinski definition) is 3. The third-order valence-electron chi connectivity index (χ3n) is 4.67. The summed E-state index contributed by atoms with van der Waals surface area (Å²) in [5, 5.41) is 10.2. The number of nitrogens with zero attached hydrogens (tertiary/aromatic N) is 3. The zero-order valence-corrected chi connectivity index (χ0v) is 14.9. The second-order valence-corrected chi connectivity index (χ2v) is 7.36. The van der Waals surface area contributed by atoms with Crippen molar-refractivity contribution in [2.24, 2.45) is 11.8 Å². The molecule has 1 aliphatic rings. The Morgan fingerprint density at radius 2 is 1.92 bits per heavy atom. The molecule has 24 heavy (non-hydrogen) atoms. The average Bonchev–Trinajstić information content (AvgIpc) is 2.84. The summed E-state index contributed by atoms with van der Waals surface area (Å²) in [6.07, 6.45) is 1.23. The lowest BCUT2D eigenvalue weighted by atomic mass is 9.92. The molecule has 0 saturated carbocycles. The fourth-order valence-corrected chi connectivity index (χ4v) is 3.99. The van der Waals surface area contributed by atoms with Gasteiger partial charge in [0.25, 0.3) is 0 Å². The molecule has 4 nitrogen and oxygen atoms in total. The Balaban J connectivity index is 2.02. The topological polar surface area (TPSA) is 58.0 Å². The fraction of sp³-hybridized carbons (Fsp3) is 0.421. The minimum absolute atomic E-state index is 0.550. The van der Waals surface area contributed by atoms with E-state index in [9.17, 15) is 5.26 Å². The maximum Gasteiger partial charge on any atom is 0.133 e. The van der Waals surface area contributed by atoms with Crippen LogP contribution in [0.2, 0.25) is 5.02 Å². The molecule has 1 aromatic heterocycles. The normalized spacial score (nSPS) is 20.8. The standard InChI is InChI=1S/C19H23ClN4/c1-13-7-14(2)11-23(10-13)19-18(22)8-16(9-21)24(19)12-15-5-3-4-6-17(15)20/h3-6,8,13-14H,7,10-12,22H2,1-2H3. The summed E-state index contributed by atoms with van der Waals surface area (Å²) in [6.45, 7) is 7.02. The van der Waals surface area contributed by atoms with Crippen LogP contribution >= 0.6 is 11.6 Å². The Labute approximate surface area is 148 Å². The Bertz CT molecular complexity index is 764.